The maximum absolute atomic E-state index is 11.6. The molecule has 0 radical (unpaired) electrons. The molecule has 0 bridgehead atoms. The Labute approximate surface area is 271 Å². The zero-order valence-electron chi connectivity index (χ0n) is 23.2. The zero-order valence-corrected chi connectivity index (χ0v) is 28.9. The van der Waals surface area contributed by atoms with Gasteiger partial charge in [-0.2, -0.15) is 0 Å². The molecule has 4 rings (SSSR count). The van der Waals surface area contributed by atoms with E-state index in [4.69, 9.17) is 4.18 Å². The minimum absolute atomic E-state index is 0. The van der Waals surface area contributed by atoms with E-state index < -0.39 is 39.1 Å². The van der Waals surface area contributed by atoms with Crippen LogP contribution in [-0.4, -0.2) is 61.1 Å². The molecule has 4 saturated carbocycles. The maximum atomic E-state index is 11.6. The van der Waals surface area contributed by atoms with Crippen LogP contribution in [0.4, 0.5) is 0 Å². The first-order valence-electron chi connectivity index (χ1n) is 13.2. The summed E-state index contributed by atoms with van der Waals surface area (Å²) < 4.78 is 74.7. The van der Waals surface area contributed by atoms with Gasteiger partial charge in [-0.05, 0) is 104 Å². The summed E-state index contributed by atoms with van der Waals surface area (Å²) in [5.74, 6) is 0.668. The molecule has 0 unspecified atom stereocenters. The maximum Gasteiger partial charge on any atom is 1.00 e. The normalized spacial score (nSPS) is 43.6. The van der Waals surface area contributed by atoms with Crippen molar-refractivity contribution in [3.05, 3.63) is 0 Å². The second kappa shape index (κ2) is 13.1. The van der Waals surface area contributed by atoms with Gasteiger partial charge in [0.05, 0.1) is 24.9 Å². The van der Waals surface area contributed by atoms with Gasteiger partial charge in [-0.1, -0.05) is 20.8 Å². The van der Waals surface area contributed by atoms with Crippen LogP contribution in [0.25, 0.3) is 0 Å². The Morgan fingerprint density at radius 3 is 2.21 bits per heavy atom. The van der Waals surface area contributed by atoms with Crippen LogP contribution in [0.3, 0.4) is 0 Å². The van der Waals surface area contributed by atoms with Crippen LogP contribution in [0.1, 0.15) is 78.6 Å². The molecular weight excluding hydrogens is 558 g/mol. The predicted octanol–water partition coefficient (Wildman–Crippen LogP) is -3.67. The number of fused-ring (bicyclic) bond motifs is 5. The van der Waals surface area contributed by atoms with E-state index in [1.807, 2.05) is 0 Å². The van der Waals surface area contributed by atoms with Gasteiger partial charge in [0, 0.05) is 0 Å². The molecule has 4 aliphatic carbocycles. The summed E-state index contributed by atoms with van der Waals surface area (Å²) in [4.78, 5) is 0. The first kappa shape index (κ1) is 35.9. The van der Waals surface area contributed by atoms with Gasteiger partial charge in [-0.25, -0.2) is 16.8 Å². The third-order valence-corrected chi connectivity index (χ3v) is 11.7. The van der Waals surface area contributed by atoms with Gasteiger partial charge in [-0.15, -0.1) is 0 Å². The molecule has 2 N–H and O–H groups in total. The predicted molar refractivity (Wildman–Crippen MR) is 127 cm³/mol. The van der Waals surface area contributed by atoms with Crippen LogP contribution < -0.4 is 59.1 Å². The van der Waals surface area contributed by atoms with E-state index in [0.717, 1.165) is 12.8 Å². The minimum atomic E-state index is -4.78. The van der Waals surface area contributed by atoms with Crippen LogP contribution in [0.15, 0.2) is 0 Å². The van der Waals surface area contributed by atoms with Crippen molar-refractivity contribution in [3.63, 3.8) is 0 Å². The monoisotopic (exact) mass is 598 g/mol. The molecule has 0 spiro atoms. The average molecular weight is 599 g/mol. The molecule has 14 heteroatoms. The summed E-state index contributed by atoms with van der Waals surface area (Å²) in [5.41, 5.74) is -0.559. The zero-order chi connectivity index (χ0) is 26.7. The van der Waals surface area contributed by atoms with Gasteiger partial charge in [-0.3, -0.25) is 8.37 Å². The van der Waals surface area contributed by atoms with Crippen molar-refractivity contribution in [2.45, 2.75) is 96.9 Å². The van der Waals surface area contributed by atoms with E-state index in [1.165, 1.54) is 0 Å². The molecule has 0 aromatic carbocycles. The largest absolute Gasteiger partial charge is 1.00 e. The van der Waals surface area contributed by atoms with Crippen LogP contribution in [0, 0.1) is 46.3 Å². The van der Waals surface area contributed by atoms with Gasteiger partial charge in [0.2, 0.25) is 20.8 Å². The van der Waals surface area contributed by atoms with Gasteiger partial charge in [0.15, 0.2) is 0 Å². The van der Waals surface area contributed by atoms with E-state index in [1.54, 1.807) is 0 Å². The topological polar surface area (TPSA) is 173 Å². The molecule has 11 atom stereocenters. The summed E-state index contributed by atoms with van der Waals surface area (Å²) in [6.45, 7) is 6.28. The minimum Gasteiger partial charge on any atom is -0.726 e. The van der Waals surface area contributed by atoms with E-state index in [-0.39, 0.29) is 112 Å². The van der Waals surface area contributed by atoms with Gasteiger partial charge >= 0.3 is 59.1 Å². The fourth-order valence-corrected chi connectivity index (χ4v) is 9.97. The number of aliphatic hydroxyl groups is 2. The Kier molecular flexibility index (Phi) is 12.4. The van der Waals surface area contributed by atoms with E-state index in [2.05, 4.69) is 25.0 Å². The number of aliphatic hydroxyl groups excluding tert-OH is 2. The first-order valence-corrected chi connectivity index (χ1v) is 15.8. The summed E-state index contributed by atoms with van der Waals surface area (Å²) >= 11 is 0. The number of rotatable bonds is 8. The van der Waals surface area contributed by atoms with Crippen LogP contribution in [0.2, 0.25) is 0 Å². The van der Waals surface area contributed by atoms with E-state index >= 15 is 0 Å². The third-order valence-electron chi connectivity index (χ3n) is 10.8. The second-order valence-electron chi connectivity index (χ2n) is 12.3. The Balaban J connectivity index is 0.00000253. The molecule has 0 aromatic rings. The van der Waals surface area contributed by atoms with Crippen LogP contribution in [-0.2, 0) is 29.2 Å². The number of hydrogen-bond donors (Lipinski definition) is 2. The quantitative estimate of drug-likeness (QED) is 0.123. The molecule has 0 heterocycles. The Hall–Kier alpha value is 1.66. The van der Waals surface area contributed by atoms with Crippen LogP contribution in [0.5, 0.6) is 0 Å². The van der Waals surface area contributed by atoms with E-state index in [9.17, 15) is 36.2 Å². The van der Waals surface area contributed by atoms with Crippen molar-refractivity contribution < 1.29 is 104 Å². The summed E-state index contributed by atoms with van der Waals surface area (Å²) in [6, 6.07) is 0. The Bertz CT molecular complexity index is 1030. The molecule has 210 valence electrons. The standard InChI is InChI=1S/C24H42O10S2.2Na/c1-14(5-4-10-33-35(27,28)29)17-6-7-18-22-19(13-21(26)24(17,18)3)23(2)9-8-16(34-36(30,31)32)11-15(23)12-20(22)25;;/h14-22,25-26H,4-13H2,1-3H3,(H,27,28,29)(H,30,31,32);;/q;2*+1/p-2/t14-,15-,16-,17-,18+,19+,20-,21+,22+,23+,24-;;/m1../s1. The fraction of sp³-hybridized carbons (Fsp3) is 1.00. The Morgan fingerprint density at radius 1 is 0.947 bits per heavy atom. The molecule has 38 heavy (non-hydrogen) atoms. The smallest absolute Gasteiger partial charge is 0.726 e. The van der Waals surface area contributed by atoms with Gasteiger partial charge in [0.25, 0.3) is 0 Å². The van der Waals surface area contributed by atoms with Crippen molar-refractivity contribution >= 4 is 20.8 Å². The fourth-order valence-electron chi connectivity index (χ4n) is 9.14. The summed E-state index contributed by atoms with van der Waals surface area (Å²) in [6.07, 6.45) is 3.78. The molecule has 0 aromatic heterocycles. The van der Waals surface area contributed by atoms with Gasteiger partial charge < -0.3 is 19.3 Å². The summed E-state index contributed by atoms with van der Waals surface area (Å²) in [5, 5.41) is 23.0. The average Bonchev–Trinajstić information content (AvgIpc) is 3.10. The van der Waals surface area contributed by atoms with Crippen molar-refractivity contribution in [3.8, 4) is 0 Å². The molecule has 10 nitrogen and oxygen atoms in total. The molecule has 4 fully saturated rings. The van der Waals surface area contributed by atoms with Crippen molar-refractivity contribution in [1.82, 2.24) is 0 Å². The van der Waals surface area contributed by atoms with Crippen molar-refractivity contribution in [2.75, 3.05) is 6.61 Å². The van der Waals surface area contributed by atoms with Crippen molar-refractivity contribution in [1.29, 1.82) is 0 Å². The molecule has 0 aliphatic heterocycles. The number of hydrogen-bond acceptors (Lipinski definition) is 10. The molecular formula is C24H40Na2O10S2. The van der Waals surface area contributed by atoms with Crippen LogP contribution >= 0.6 is 0 Å². The van der Waals surface area contributed by atoms with Gasteiger partial charge in [0.1, 0.15) is 0 Å². The second-order valence-corrected chi connectivity index (χ2v) is 14.4. The SMILES string of the molecule is C[C@H](CCCOS(=O)(=O)[O-])[C@H]1CC[C@H]2[C@@H]3[C@H](O)C[C@H]4C[C@H](OS(=O)(=O)[O-])CC[C@]4(C)[C@H]3C[C@H](O)[C@]12C.[Na+].[Na+]. The van der Waals surface area contributed by atoms with Crippen molar-refractivity contribution in [2.24, 2.45) is 46.3 Å². The molecule has 4 aliphatic rings. The Morgan fingerprint density at radius 2 is 1.61 bits per heavy atom. The molecule has 0 saturated heterocycles. The third kappa shape index (κ3) is 7.23. The summed E-state index contributed by atoms with van der Waals surface area (Å²) in [7, 11) is -9.48. The first-order chi connectivity index (χ1) is 16.6. The van der Waals surface area contributed by atoms with E-state index in [0.29, 0.717) is 44.9 Å². The molecule has 0 amide bonds.